The van der Waals surface area contributed by atoms with E-state index < -0.39 is 0 Å². The molecule has 1 unspecified atom stereocenters. The van der Waals surface area contributed by atoms with Crippen LogP contribution in [-0.2, 0) is 11.3 Å². The summed E-state index contributed by atoms with van der Waals surface area (Å²) in [6.07, 6.45) is 1.35. The second-order valence-corrected chi connectivity index (χ2v) is 8.31. The molecule has 0 spiro atoms. The van der Waals surface area contributed by atoms with Crippen LogP contribution >= 0.6 is 23.4 Å². The third kappa shape index (κ3) is 6.21. The summed E-state index contributed by atoms with van der Waals surface area (Å²) < 4.78 is 7.82. The van der Waals surface area contributed by atoms with E-state index in [-0.39, 0.29) is 23.5 Å². The van der Waals surface area contributed by atoms with Crippen molar-refractivity contribution in [2.24, 2.45) is 0 Å². The molecule has 3 rings (SSSR count). The number of thioether (sulfide) groups is 1. The molecule has 1 aromatic heterocycles. The minimum atomic E-state index is -0.385. The lowest BCUT2D eigenvalue weighted by molar-refractivity contribution is -0.113. The van der Waals surface area contributed by atoms with Gasteiger partial charge in [-0.05, 0) is 56.3 Å². The van der Waals surface area contributed by atoms with Crippen molar-refractivity contribution in [1.82, 2.24) is 14.8 Å². The topological polar surface area (TPSA) is 86.1 Å². The lowest BCUT2D eigenvalue weighted by Gasteiger charge is -2.16. The number of nitrogens with zero attached hydrogens (tertiary/aromatic N) is 3. The predicted octanol–water partition coefficient (Wildman–Crippen LogP) is 5.19. The number of halogens is 1. The molecule has 0 saturated heterocycles. The number of benzene rings is 2. The van der Waals surface area contributed by atoms with Crippen LogP contribution in [0.5, 0.6) is 5.75 Å². The number of ketones is 1. The number of rotatable bonds is 10. The van der Waals surface area contributed by atoms with E-state index in [1.54, 1.807) is 42.5 Å². The van der Waals surface area contributed by atoms with Crippen LogP contribution in [0.2, 0.25) is 5.02 Å². The Hall–Kier alpha value is -3.10. The second kappa shape index (κ2) is 11.0. The molecule has 1 N–H and O–H groups in total. The molecular formula is C23H23ClN4O3S. The zero-order valence-electron chi connectivity index (χ0n) is 17.7. The summed E-state index contributed by atoms with van der Waals surface area (Å²) in [6.45, 7) is 7.64. The van der Waals surface area contributed by atoms with E-state index in [9.17, 15) is 9.59 Å². The van der Waals surface area contributed by atoms with Gasteiger partial charge in [-0.1, -0.05) is 35.5 Å². The summed E-state index contributed by atoms with van der Waals surface area (Å²) in [6, 6.07) is 13.9. The van der Waals surface area contributed by atoms with Crippen LogP contribution in [-0.4, -0.2) is 32.2 Å². The van der Waals surface area contributed by atoms with Gasteiger partial charge in [-0.25, -0.2) is 0 Å². The lowest BCUT2D eigenvalue weighted by atomic mass is 10.1. The van der Waals surface area contributed by atoms with Gasteiger partial charge in [0, 0.05) is 22.8 Å². The first kappa shape index (κ1) is 23.6. The van der Waals surface area contributed by atoms with Gasteiger partial charge in [0.15, 0.2) is 22.9 Å². The Kier molecular flexibility index (Phi) is 8.08. The zero-order valence-corrected chi connectivity index (χ0v) is 19.3. The van der Waals surface area contributed by atoms with E-state index in [2.05, 4.69) is 22.1 Å². The maximum Gasteiger partial charge on any atom is 0.234 e. The smallest absolute Gasteiger partial charge is 0.234 e. The molecule has 7 nitrogen and oxygen atoms in total. The molecule has 0 aliphatic heterocycles. The summed E-state index contributed by atoms with van der Waals surface area (Å²) in [5.41, 5.74) is 1.22. The number of ether oxygens (including phenoxy) is 1. The molecular weight excluding hydrogens is 448 g/mol. The first-order chi connectivity index (χ1) is 15.4. The van der Waals surface area contributed by atoms with Gasteiger partial charge in [-0.15, -0.1) is 16.8 Å². The van der Waals surface area contributed by atoms with Gasteiger partial charge in [-0.2, -0.15) is 0 Å². The standard InChI is InChI=1S/C23H23ClN4O3S/c1-4-12-28-22(16(3)31-20-7-5-6-18(24)13-20)26-27-23(28)32-14-21(30)25-19-10-8-17(9-11-19)15(2)29/h4-11,13,16H,1,12,14H2,2-3H3,(H,25,30). The molecule has 0 bridgehead atoms. The number of nitrogens with one attached hydrogen (secondary N) is 1. The number of aromatic nitrogens is 3. The Morgan fingerprint density at radius 1 is 1.25 bits per heavy atom. The summed E-state index contributed by atoms with van der Waals surface area (Å²) in [5, 5.41) is 12.5. The SMILES string of the molecule is C=CCn1c(SCC(=O)Nc2ccc(C(C)=O)cc2)nnc1C(C)Oc1cccc(Cl)c1. The van der Waals surface area contributed by atoms with Crippen LogP contribution in [0.4, 0.5) is 5.69 Å². The first-order valence-corrected chi connectivity index (χ1v) is 11.2. The Morgan fingerprint density at radius 3 is 2.66 bits per heavy atom. The van der Waals surface area contributed by atoms with Crippen LogP contribution in [0.3, 0.4) is 0 Å². The average molecular weight is 471 g/mol. The number of hydrogen-bond donors (Lipinski definition) is 1. The third-order valence-corrected chi connectivity index (χ3v) is 5.64. The van der Waals surface area contributed by atoms with E-state index in [0.29, 0.717) is 39.5 Å². The van der Waals surface area contributed by atoms with Gasteiger partial charge in [0.2, 0.25) is 5.91 Å². The van der Waals surface area contributed by atoms with Crippen molar-refractivity contribution in [3.05, 3.63) is 77.6 Å². The summed E-state index contributed by atoms with van der Waals surface area (Å²) >= 11 is 7.30. The number of hydrogen-bond acceptors (Lipinski definition) is 6. The molecule has 0 aliphatic carbocycles. The van der Waals surface area contributed by atoms with Gasteiger partial charge >= 0.3 is 0 Å². The summed E-state index contributed by atoms with van der Waals surface area (Å²) in [7, 11) is 0. The minimum Gasteiger partial charge on any atom is -0.483 e. The highest BCUT2D eigenvalue weighted by atomic mass is 35.5. The molecule has 3 aromatic rings. The number of Topliss-reactive ketones (excluding diaryl/α,β-unsaturated/α-hetero) is 1. The molecule has 9 heteroatoms. The molecule has 1 atom stereocenters. The Bertz CT molecular complexity index is 1110. The van der Waals surface area contributed by atoms with Crippen molar-refractivity contribution in [3.63, 3.8) is 0 Å². The van der Waals surface area contributed by atoms with Gasteiger partial charge in [0.25, 0.3) is 0 Å². The van der Waals surface area contributed by atoms with Crippen LogP contribution < -0.4 is 10.1 Å². The summed E-state index contributed by atoms with van der Waals surface area (Å²) in [5.74, 6) is 1.18. The fourth-order valence-corrected chi connectivity index (χ4v) is 3.86. The molecule has 32 heavy (non-hydrogen) atoms. The van der Waals surface area contributed by atoms with Crippen molar-refractivity contribution < 1.29 is 14.3 Å². The number of anilines is 1. The van der Waals surface area contributed by atoms with E-state index >= 15 is 0 Å². The first-order valence-electron chi connectivity index (χ1n) is 9.87. The highest BCUT2D eigenvalue weighted by Gasteiger charge is 2.20. The largest absolute Gasteiger partial charge is 0.483 e. The molecule has 2 aromatic carbocycles. The predicted molar refractivity (Wildman–Crippen MR) is 127 cm³/mol. The lowest BCUT2D eigenvalue weighted by Crippen LogP contribution is -2.15. The maximum atomic E-state index is 12.4. The quantitative estimate of drug-likeness (QED) is 0.249. The van der Waals surface area contributed by atoms with Crippen molar-refractivity contribution in [3.8, 4) is 5.75 Å². The fourth-order valence-electron chi connectivity index (χ4n) is 2.92. The van der Waals surface area contributed by atoms with Crippen molar-refractivity contribution >= 4 is 40.7 Å². The molecule has 0 saturated carbocycles. The summed E-state index contributed by atoms with van der Waals surface area (Å²) in [4.78, 5) is 23.7. The minimum absolute atomic E-state index is 0.0237. The van der Waals surface area contributed by atoms with Gasteiger partial charge in [0.1, 0.15) is 5.75 Å². The maximum absolute atomic E-state index is 12.4. The van der Waals surface area contributed by atoms with E-state index in [4.69, 9.17) is 16.3 Å². The fraction of sp³-hybridized carbons (Fsp3) is 0.217. The molecule has 0 fully saturated rings. The average Bonchev–Trinajstić information content (AvgIpc) is 3.16. The van der Waals surface area contributed by atoms with Gasteiger partial charge < -0.3 is 10.1 Å². The normalized spacial score (nSPS) is 11.6. The third-order valence-electron chi connectivity index (χ3n) is 4.44. The van der Waals surface area contributed by atoms with Crippen LogP contribution in [0.15, 0.2) is 66.3 Å². The molecule has 1 heterocycles. The highest BCUT2D eigenvalue weighted by Crippen LogP contribution is 2.26. The molecule has 0 aliphatic rings. The Morgan fingerprint density at radius 2 is 2.00 bits per heavy atom. The van der Waals surface area contributed by atoms with Crippen molar-refractivity contribution in [2.45, 2.75) is 31.7 Å². The number of amides is 1. The van der Waals surface area contributed by atoms with Gasteiger partial charge in [0.05, 0.1) is 5.75 Å². The van der Waals surface area contributed by atoms with Gasteiger partial charge in [-0.3, -0.25) is 14.2 Å². The monoisotopic (exact) mass is 470 g/mol. The Labute approximate surface area is 195 Å². The second-order valence-electron chi connectivity index (χ2n) is 6.93. The molecule has 166 valence electrons. The van der Waals surface area contributed by atoms with Crippen molar-refractivity contribution in [1.29, 1.82) is 0 Å². The van der Waals surface area contributed by atoms with Crippen LogP contribution in [0, 0.1) is 0 Å². The Balaban J connectivity index is 1.64. The zero-order chi connectivity index (χ0) is 23.1. The van der Waals surface area contributed by atoms with E-state index in [0.717, 1.165) is 0 Å². The number of allylic oxidation sites excluding steroid dienone is 1. The molecule has 1 amide bonds. The number of carbonyl (C=O) groups excluding carboxylic acids is 2. The van der Waals surface area contributed by atoms with Crippen molar-refractivity contribution in [2.75, 3.05) is 11.1 Å². The van der Waals surface area contributed by atoms with E-state index in [1.807, 2.05) is 23.6 Å². The highest BCUT2D eigenvalue weighted by molar-refractivity contribution is 7.99. The molecule has 0 radical (unpaired) electrons. The van der Waals surface area contributed by atoms with Crippen LogP contribution in [0.1, 0.15) is 36.1 Å². The van der Waals surface area contributed by atoms with Crippen LogP contribution in [0.25, 0.3) is 0 Å². The number of carbonyl (C=O) groups is 2. The van der Waals surface area contributed by atoms with E-state index in [1.165, 1.54) is 18.7 Å².